The van der Waals surface area contributed by atoms with Crippen molar-refractivity contribution in [2.45, 2.75) is 13.8 Å². The first kappa shape index (κ1) is 30.8. The molecule has 0 aliphatic rings. The summed E-state index contributed by atoms with van der Waals surface area (Å²) < 4.78 is 0. The van der Waals surface area contributed by atoms with Gasteiger partial charge in [0.25, 0.3) is 0 Å². The molecule has 8 rings (SSSR count). The minimum atomic E-state index is 0. The fourth-order valence-corrected chi connectivity index (χ4v) is 5.64. The summed E-state index contributed by atoms with van der Waals surface area (Å²) in [6.07, 6.45) is 3.62. The van der Waals surface area contributed by atoms with Crippen molar-refractivity contribution in [3.8, 4) is 45.0 Å². The maximum absolute atomic E-state index is 4.86. The summed E-state index contributed by atoms with van der Waals surface area (Å²) in [7, 11) is 0. The Hall–Kier alpha value is -5.22. The van der Waals surface area contributed by atoms with E-state index in [-0.39, 0.29) is 20.1 Å². The zero-order chi connectivity index (χ0) is 30.6. The maximum Gasteiger partial charge on any atom is 3.00 e. The predicted octanol–water partition coefficient (Wildman–Crippen LogP) is 9.70. The van der Waals surface area contributed by atoms with E-state index in [9.17, 15) is 0 Å². The van der Waals surface area contributed by atoms with E-state index >= 15 is 0 Å². The van der Waals surface area contributed by atoms with Crippen LogP contribution in [0.1, 0.15) is 11.1 Å². The molecule has 0 aliphatic carbocycles. The minimum absolute atomic E-state index is 0. The van der Waals surface area contributed by atoms with Crippen LogP contribution in [-0.2, 0) is 20.1 Å². The van der Waals surface area contributed by atoms with Gasteiger partial charge in [-0.15, -0.1) is 70.2 Å². The fraction of sp³-hybridized carbons (Fsp3) is 0.0488. The number of hydrogen-bond donors (Lipinski definition) is 0. The second-order valence-corrected chi connectivity index (χ2v) is 10.8. The van der Waals surface area contributed by atoms with Gasteiger partial charge < -0.3 is 4.98 Å². The average Bonchev–Trinajstić information content (AvgIpc) is 3.49. The largest absolute Gasteiger partial charge is 3.00 e. The Balaban J connectivity index is 0.000000162. The van der Waals surface area contributed by atoms with Crippen LogP contribution < -0.4 is 4.98 Å². The van der Waals surface area contributed by atoms with Crippen LogP contribution in [0.3, 0.4) is 0 Å². The second kappa shape index (κ2) is 13.8. The maximum atomic E-state index is 4.86. The van der Waals surface area contributed by atoms with E-state index < -0.39 is 0 Å². The summed E-state index contributed by atoms with van der Waals surface area (Å²) in [6.45, 7) is 4.19. The van der Waals surface area contributed by atoms with Crippen LogP contribution in [0.5, 0.6) is 0 Å². The topological polar surface area (TPSA) is 52.8 Å². The third-order valence-corrected chi connectivity index (χ3v) is 7.79. The van der Waals surface area contributed by atoms with Crippen molar-refractivity contribution >= 4 is 21.8 Å². The van der Waals surface area contributed by atoms with E-state index in [1.807, 2.05) is 97.3 Å². The predicted molar refractivity (Wildman–Crippen MR) is 183 cm³/mol. The van der Waals surface area contributed by atoms with Gasteiger partial charge >= 0.3 is 20.1 Å². The zero-order valence-electron chi connectivity index (χ0n) is 25.4. The Morgan fingerprint density at radius 3 is 1.85 bits per heavy atom. The van der Waals surface area contributed by atoms with E-state index in [1.165, 1.54) is 21.9 Å². The van der Waals surface area contributed by atoms with Crippen molar-refractivity contribution in [3.05, 3.63) is 163 Å². The molecule has 0 saturated carbocycles. The molecule has 0 bridgehead atoms. The summed E-state index contributed by atoms with van der Waals surface area (Å²) >= 11 is 0. The summed E-state index contributed by atoms with van der Waals surface area (Å²) in [5.41, 5.74) is 12.3. The van der Waals surface area contributed by atoms with E-state index in [4.69, 9.17) is 9.97 Å². The molecular weight excluding hydrogens is 741 g/mol. The molecule has 0 spiro atoms. The molecule has 222 valence electrons. The number of fused-ring (bicyclic) bond motifs is 3. The van der Waals surface area contributed by atoms with Gasteiger partial charge in [-0.2, -0.15) is 0 Å². The van der Waals surface area contributed by atoms with Crippen LogP contribution >= 0.6 is 0 Å². The van der Waals surface area contributed by atoms with Gasteiger partial charge in [-0.05, 0) is 40.2 Å². The Morgan fingerprint density at radius 2 is 1.17 bits per heavy atom. The van der Waals surface area contributed by atoms with Crippen molar-refractivity contribution in [2.24, 2.45) is 0 Å². The van der Waals surface area contributed by atoms with E-state index in [2.05, 4.69) is 78.4 Å². The number of nitrogens with zero attached hydrogens (tertiary/aromatic N) is 4. The molecule has 0 atom stereocenters. The van der Waals surface area contributed by atoms with Crippen LogP contribution in [0.2, 0.25) is 0 Å². The molecule has 0 unspecified atom stereocenters. The first-order valence-corrected chi connectivity index (χ1v) is 14.9. The number of benzene rings is 4. The van der Waals surface area contributed by atoms with Crippen molar-refractivity contribution in [1.82, 2.24) is 19.9 Å². The van der Waals surface area contributed by atoms with Gasteiger partial charge in [0.1, 0.15) is 0 Å². The van der Waals surface area contributed by atoms with Crippen molar-refractivity contribution < 1.29 is 20.1 Å². The molecule has 0 saturated heterocycles. The molecule has 4 nitrogen and oxygen atoms in total. The van der Waals surface area contributed by atoms with Gasteiger partial charge in [-0.1, -0.05) is 104 Å². The summed E-state index contributed by atoms with van der Waals surface area (Å²) in [5, 5.41) is 2.36. The standard InChI is InChI=1S/C23H14N2.C18H15N2.Ir/c1-2-8-16(9-3-1)20-14-7-15-22(24-20)19-12-6-11-18-17-10-4-5-13-21(17)25-23(18)19;1-13-11-14(2)16(18-8-4-6-10-20-18)12-15(13)17-7-3-5-9-19-17;/h1-8,10-15H;3-11H,1-2H3;/q-2;-1;+3. The Kier molecular flexibility index (Phi) is 9.25. The number of aromatic nitrogens is 4. The van der Waals surface area contributed by atoms with Crippen LogP contribution in [0.15, 0.2) is 140 Å². The van der Waals surface area contributed by atoms with Gasteiger partial charge in [-0.3, -0.25) is 15.0 Å². The summed E-state index contributed by atoms with van der Waals surface area (Å²) in [5.74, 6) is 0. The number of pyridine rings is 3. The molecule has 0 aliphatic heterocycles. The van der Waals surface area contributed by atoms with Gasteiger partial charge in [0, 0.05) is 23.8 Å². The third kappa shape index (κ3) is 6.29. The van der Waals surface area contributed by atoms with Crippen molar-refractivity contribution in [1.29, 1.82) is 0 Å². The molecule has 4 aromatic carbocycles. The summed E-state index contributed by atoms with van der Waals surface area (Å²) in [6, 6.07) is 49.3. The molecule has 4 heterocycles. The van der Waals surface area contributed by atoms with Crippen LogP contribution in [-0.4, -0.2) is 15.0 Å². The molecule has 4 aromatic heterocycles. The molecular formula is C41H29IrN4. The smallest absolute Gasteiger partial charge is 0.656 e. The fourth-order valence-electron chi connectivity index (χ4n) is 5.64. The summed E-state index contributed by atoms with van der Waals surface area (Å²) in [4.78, 5) is 18.6. The van der Waals surface area contributed by atoms with Gasteiger partial charge in [0.05, 0.1) is 5.69 Å². The average molecular weight is 770 g/mol. The van der Waals surface area contributed by atoms with Crippen LogP contribution in [0, 0.1) is 26.0 Å². The normalized spacial score (nSPS) is 10.7. The third-order valence-electron chi connectivity index (χ3n) is 7.79. The molecule has 0 radical (unpaired) electrons. The van der Waals surface area contributed by atoms with E-state index in [0.717, 1.165) is 56.1 Å². The van der Waals surface area contributed by atoms with Gasteiger partial charge in [-0.25, -0.2) is 0 Å². The van der Waals surface area contributed by atoms with Crippen molar-refractivity contribution in [2.75, 3.05) is 0 Å². The molecule has 46 heavy (non-hydrogen) atoms. The monoisotopic (exact) mass is 770 g/mol. The van der Waals surface area contributed by atoms with Crippen LogP contribution in [0.25, 0.3) is 66.8 Å². The molecule has 5 heteroatoms. The SMILES string of the molecule is Cc1cc(C)c(-c2ccccn2)[c-]c1-c1ccccn1.[Ir+3].[c-]1ccccc1-c1cccc(-c2cccc3c2[n-]c2ccccc23)n1. The van der Waals surface area contributed by atoms with Gasteiger partial charge in [0.2, 0.25) is 0 Å². The Bertz CT molecular complexity index is 2170. The van der Waals surface area contributed by atoms with Gasteiger partial charge in [0.15, 0.2) is 0 Å². The molecule has 0 fully saturated rings. The second-order valence-electron chi connectivity index (χ2n) is 10.8. The quantitative estimate of drug-likeness (QED) is 0.167. The molecule has 0 amide bonds. The van der Waals surface area contributed by atoms with Crippen LogP contribution in [0.4, 0.5) is 0 Å². The first-order chi connectivity index (χ1) is 22.2. The Labute approximate surface area is 282 Å². The Morgan fingerprint density at radius 1 is 0.565 bits per heavy atom. The van der Waals surface area contributed by atoms with E-state index in [0.29, 0.717) is 0 Å². The molecule has 0 N–H and O–H groups in total. The number of para-hydroxylation sites is 2. The number of aryl methyl sites for hydroxylation is 2. The number of hydrogen-bond acceptors (Lipinski definition) is 3. The van der Waals surface area contributed by atoms with Crippen molar-refractivity contribution in [3.63, 3.8) is 0 Å². The minimum Gasteiger partial charge on any atom is -0.656 e. The number of rotatable bonds is 4. The molecule has 8 aromatic rings. The van der Waals surface area contributed by atoms with E-state index in [1.54, 1.807) is 0 Å². The zero-order valence-corrected chi connectivity index (χ0v) is 27.8. The first-order valence-electron chi connectivity index (χ1n) is 14.9.